The van der Waals surface area contributed by atoms with Gasteiger partial charge in [-0.2, -0.15) is 0 Å². The van der Waals surface area contributed by atoms with Crippen LogP contribution in [0.5, 0.6) is 0 Å². The van der Waals surface area contributed by atoms with Crippen molar-refractivity contribution in [1.82, 2.24) is 14.9 Å². The monoisotopic (exact) mass is 342 g/mol. The van der Waals surface area contributed by atoms with Crippen LogP contribution in [0.25, 0.3) is 0 Å². The zero-order valence-corrected chi connectivity index (χ0v) is 14.1. The van der Waals surface area contributed by atoms with Crippen molar-refractivity contribution in [3.8, 4) is 0 Å². The molecule has 6 heterocycles. The minimum Gasteiger partial charge on any atom is -0.455 e. The Morgan fingerprint density at radius 2 is 2.08 bits per heavy atom. The molecule has 0 unspecified atom stereocenters. The number of ether oxygens (including phenoxy) is 1. The molecule has 132 valence electrons. The first-order chi connectivity index (χ1) is 12.2. The summed E-state index contributed by atoms with van der Waals surface area (Å²) in [5.74, 6) is 1.90. The van der Waals surface area contributed by atoms with Crippen molar-refractivity contribution >= 4 is 23.6 Å². The van der Waals surface area contributed by atoms with Gasteiger partial charge in [0.1, 0.15) is 5.60 Å². The maximum absolute atomic E-state index is 11.8. The Morgan fingerprint density at radius 3 is 2.72 bits per heavy atom. The predicted molar refractivity (Wildman–Crippen MR) is 92.5 cm³/mol. The van der Waals surface area contributed by atoms with Gasteiger partial charge < -0.3 is 4.74 Å². The number of nitrogens with one attached hydrogen (secondary N) is 1. The highest BCUT2D eigenvalue weighted by Gasteiger charge is 2.51. The van der Waals surface area contributed by atoms with E-state index in [2.05, 4.69) is 25.2 Å². The minimum absolute atomic E-state index is 0.114. The Morgan fingerprint density at radius 1 is 1.20 bits per heavy atom. The molecule has 8 nitrogen and oxygen atoms in total. The molecule has 0 saturated carbocycles. The van der Waals surface area contributed by atoms with Gasteiger partial charge in [-0.05, 0) is 32.4 Å². The van der Waals surface area contributed by atoms with Gasteiger partial charge in [0, 0.05) is 25.4 Å². The lowest BCUT2D eigenvalue weighted by Crippen LogP contribution is -2.61. The Labute approximate surface area is 146 Å². The average molecular weight is 342 g/mol. The standard InChI is InChI=1S/C17H22N6O2/c24-15-2-1-5-23(15)14-9-18-13(8-19-14)21-16-20-10-17(25-16)11-22-6-3-12(17)4-7-22/h8-9,12H,1-7,10-11H2,(H,18,20,21)/t17-/m0/s1. The van der Waals surface area contributed by atoms with Crippen LogP contribution in [0.3, 0.4) is 0 Å². The molecule has 2 bridgehead atoms. The topological polar surface area (TPSA) is 83.0 Å². The molecule has 1 spiro atoms. The van der Waals surface area contributed by atoms with Crippen molar-refractivity contribution < 1.29 is 9.53 Å². The number of anilines is 2. The fraction of sp³-hybridized carbons (Fsp3) is 0.647. The summed E-state index contributed by atoms with van der Waals surface area (Å²) in [6.07, 6.45) is 7.12. The number of aromatic nitrogens is 2. The minimum atomic E-state index is -0.159. The van der Waals surface area contributed by atoms with Gasteiger partial charge in [-0.15, -0.1) is 0 Å². The second-order valence-corrected chi connectivity index (χ2v) is 7.37. The van der Waals surface area contributed by atoms with Gasteiger partial charge >= 0.3 is 0 Å². The maximum atomic E-state index is 11.8. The summed E-state index contributed by atoms with van der Waals surface area (Å²) in [5.41, 5.74) is -0.159. The summed E-state index contributed by atoms with van der Waals surface area (Å²) in [6, 6.07) is 0.535. The summed E-state index contributed by atoms with van der Waals surface area (Å²) in [6.45, 7) is 4.76. The van der Waals surface area contributed by atoms with E-state index in [1.807, 2.05) is 0 Å². The number of carbonyl (C=O) groups is 1. The van der Waals surface area contributed by atoms with Gasteiger partial charge in [0.05, 0.1) is 18.9 Å². The molecule has 4 fully saturated rings. The van der Waals surface area contributed by atoms with Crippen molar-refractivity contribution in [2.75, 3.05) is 42.9 Å². The SMILES string of the molecule is O=C1CCCN1c1cnc(NC2=NC[C@@]3(CN4CCC3CC4)O2)cn1. The Hall–Kier alpha value is -2.22. The maximum Gasteiger partial charge on any atom is 0.291 e. The molecule has 5 aliphatic heterocycles. The number of piperidine rings is 3. The molecule has 4 saturated heterocycles. The molecule has 8 heteroatoms. The van der Waals surface area contributed by atoms with Gasteiger partial charge in [0.2, 0.25) is 5.91 Å². The van der Waals surface area contributed by atoms with Crippen LogP contribution in [0.4, 0.5) is 11.6 Å². The molecular formula is C17H22N6O2. The smallest absolute Gasteiger partial charge is 0.291 e. The van der Waals surface area contributed by atoms with Gasteiger partial charge in [-0.1, -0.05) is 0 Å². The first-order valence-electron chi connectivity index (χ1n) is 9.07. The van der Waals surface area contributed by atoms with Crippen molar-refractivity contribution in [2.24, 2.45) is 10.9 Å². The van der Waals surface area contributed by atoms with Crippen LogP contribution in [0, 0.1) is 5.92 Å². The third kappa shape index (κ3) is 2.55. The molecule has 0 aliphatic carbocycles. The number of amidine groups is 1. The summed E-state index contributed by atoms with van der Waals surface area (Å²) < 4.78 is 6.24. The number of nitrogens with zero attached hydrogens (tertiary/aromatic N) is 5. The fourth-order valence-corrected chi connectivity index (χ4v) is 4.47. The number of rotatable bonds is 2. The largest absolute Gasteiger partial charge is 0.455 e. The first kappa shape index (κ1) is 15.1. The van der Waals surface area contributed by atoms with E-state index in [1.54, 1.807) is 17.3 Å². The summed E-state index contributed by atoms with van der Waals surface area (Å²) in [5, 5.41) is 3.13. The lowest BCUT2D eigenvalue weighted by molar-refractivity contribution is -0.117. The Balaban J connectivity index is 1.25. The first-order valence-corrected chi connectivity index (χ1v) is 9.07. The fourth-order valence-electron chi connectivity index (χ4n) is 4.47. The van der Waals surface area contributed by atoms with E-state index < -0.39 is 0 Å². The van der Waals surface area contributed by atoms with Gasteiger partial charge in [-0.25, -0.2) is 15.0 Å². The zero-order chi connectivity index (χ0) is 16.9. The van der Waals surface area contributed by atoms with Crippen LogP contribution in [0.15, 0.2) is 17.4 Å². The number of carbonyl (C=O) groups excluding carboxylic acids is 1. The van der Waals surface area contributed by atoms with Crippen LogP contribution in [0.1, 0.15) is 25.7 Å². The van der Waals surface area contributed by atoms with E-state index in [9.17, 15) is 4.79 Å². The molecule has 0 radical (unpaired) electrons. The molecule has 1 N–H and O–H groups in total. The van der Waals surface area contributed by atoms with E-state index in [4.69, 9.17) is 4.74 Å². The molecule has 1 amide bonds. The molecule has 1 aromatic rings. The van der Waals surface area contributed by atoms with E-state index in [-0.39, 0.29) is 11.5 Å². The van der Waals surface area contributed by atoms with E-state index in [1.165, 1.54) is 25.9 Å². The second kappa shape index (κ2) is 5.66. The average Bonchev–Trinajstić information content (AvgIpc) is 3.23. The normalized spacial score (nSPS) is 33.7. The van der Waals surface area contributed by atoms with Crippen LogP contribution in [-0.4, -0.2) is 65.1 Å². The molecule has 25 heavy (non-hydrogen) atoms. The number of hydrogen-bond donors (Lipinski definition) is 1. The molecule has 6 rings (SSSR count). The second-order valence-electron chi connectivity index (χ2n) is 7.37. The van der Waals surface area contributed by atoms with Gasteiger partial charge in [-0.3, -0.25) is 19.9 Å². The highest BCUT2D eigenvalue weighted by atomic mass is 16.5. The Bertz CT molecular complexity index is 712. The van der Waals surface area contributed by atoms with E-state index in [0.29, 0.717) is 36.5 Å². The van der Waals surface area contributed by atoms with Crippen LogP contribution < -0.4 is 10.2 Å². The molecule has 0 aromatic carbocycles. The number of hydrogen-bond acceptors (Lipinski definition) is 7. The third-order valence-electron chi connectivity index (χ3n) is 5.84. The molecule has 1 aromatic heterocycles. The lowest BCUT2D eigenvalue weighted by atomic mass is 9.75. The zero-order valence-electron chi connectivity index (χ0n) is 14.1. The van der Waals surface area contributed by atoms with E-state index in [0.717, 1.165) is 19.5 Å². The van der Waals surface area contributed by atoms with E-state index >= 15 is 0 Å². The summed E-state index contributed by atoms with van der Waals surface area (Å²) >= 11 is 0. The van der Waals surface area contributed by atoms with Crippen molar-refractivity contribution in [2.45, 2.75) is 31.3 Å². The van der Waals surface area contributed by atoms with Crippen molar-refractivity contribution in [3.05, 3.63) is 12.4 Å². The van der Waals surface area contributed by atoms with Crippen molar-refractivity contribution in [1.29, 1.82) is 0 Å². The molecule has 1 atom stereocenters. The van der Waals surface area contributed by atoms with Crippen molar-refractivity contribution in [3.63, 3.8) is 0 Å². The molecular weight excluding hydrogens is 320 g/mol. The third-order valence-corrected chi connectivity index (χ3v) is 5.84. The summed E-state index contributed by atoms with van der Waals surface area (Å²) in [7, 11) is 0. The van der Waals surface area contributed by atoms with Crippen LogP contribution in [0.2, 0.25) is 0 Å². The summed E-state index contributed by atoms with van der Waals surface area (Å²) in [4.78, 5) is 29.2. The number of fused-ring (bicyclic) bond motifs is 2. The number of amides is 1. The molecule has 5 aliphatic rings. The number of aliphatic imine (C=N–C) groups is 1. The highest BCUT2D eigenvalue weighted by Crippen LogP contribution is 2.40. The lowest BCUT2D eigenvalue weighted by Gasteiger charge is -2.50. The Kier molecular flexibility index (Phi) is 3.41. The highest BCUT2D eigenvalue weighted by molar-refractivity contribution is 5.94. The van der Waals surface area contributed by atoms with Crippen LogP contribution >= 0.6 is 0 Å². The van der Waals surface area contributed by atoms with Gasteiger partial charge in [0.15, 0.2) is 11.6 Å². The van der Waals surface area contributed by atoms with Gasteiger partial charge in [0.25, 0.3) is 6.02 Å². The quantitative estimate of drug-likeness (QED) is 0.859. The van der Waals surface area contributed by atoms with Crippen LogP contribution in [-0.2, 0) is 9.53 Å². The predicted octanol–water partition coefficient (Wildman–Crippen LogP) is 0.866.